The number of rotatable bonds is 4. The summed E-state index contributed by atoms with van der Waals surface area (Å²) in [6, 6.07) is 2.66. The molecule has 1 atom stereocenters. The average Bonchev–Trinajstić information content (AvgIpc) is 2.27. The van der Waals surface area contributed by atoms with E-state index in [0.717, 1.165) is 12.1 Å². The largest absolute Gasteiger partial charge is 0.409 e. The van der Waals surface area contributed by atoms with Crippen LogP contribution in [0.3, 0.4) is 0 Å². The lowest BCUT2D eigenvalue weighted by atomic mass is 10.2. The van der Waals surface area contributed by atoms with Crippen molar-refractivity contribution in [2.24, 2.45) is 10.9 Å². The van der Waals surface area contributed by atoms with Gasteiger partial charge in [-0.15, -0.1) is 0 Å². The molecule has 0 aliphatic rings. The van der Waals surface area contributed by atoms with E-state index in [-0.39, 0.29) is 11.5 Å². The van der Waals surface area contributed by atoms with Crippen LogP contribution < -0.4 is 11.1 Å². The van der Waals surface area contributed by atoms with Crippen molar-refractivity contribution in [2.75, 3.05) is 5.32 Å². The summed E-state index contributed by atoms with van der Waals surface area (Å²) in [6.45, 7) is 1.79. The van der Waals surface area contributed by atoms with Crippen LogP contribution in [0.1, 0.15) is 13.3 Å². The molecule has 0 spiro atoms. The molecule has 4 nitrogen and oxygen atoms in total. The molecule has 0 aliphatic heterocycles. The second-order valence-corrected chi connectivity index (χ2v) is 3.25. The van der Waals surface area contributed by atoms with Gasteiger partial charge >= 0.3 is 0 Å². The Hall–Kier alpha value is -1.85. The summed E-state index contributed by atoms with van der Waals surface area (Å²) in [7, 11) is 0. The number of nitrogens with zero attached hydrogens (tertiary/aromatic N) is 1. The van der Waals surface area contributed by atoms with Gasteiger partial charge in [0, 0.05) is 6.07 Å². The van der Waals surface area contributed by atoms with Gasteiger partial charge in [0.2, 0.25) is 0 Å². The Morgan fingerprint density at radius 2 is 2.25 bits per heavy atom. The van der Waals surface area contributed by atoms with Crippen LogP contribution in [0, 0.1) is 11.6 Å². The molecule has 0 saturated heterocycles. The maximum atomic E-state index is 13.3. The normalized spacial score (nSPS) is 13.6. The molecule has 0 heterocycles. The molecule has 6 heteroatoms. The number of nitrogens with one attached hydrogen (secondary N) is 1. The van der Waals surface area contributed by atoms with E-state index in [2.05, 4.69) is 10.5 Å². The maximum Gasteiger partial charge on any atom is 0.161 e. The highest BCUT2D eigenvalue weighted by molar-refractivity contribution is 5.87. The summed E-state index contributed by atoms with van der Waals surface area (Å²) in [5.74, 6) is -1.42. The lowest BCUT2D eigenvalue weighted by Gasteiger charge is -2.16. The van der Waals surface area contributed by atoms with E-state index in [1.807, 2.05) is 0 Å². The zero-order valence-electron chi connectivity index (χ0n) is 8.74. The molecule has 0 saturated carbocycles. The molecule has 1 aromatic carbocycles. The van der Waals surface area contributed by atoms with Crippen LogP contribution in [0.5, 0.6) is 0 Å². The van der Waals surface area contributed by atoms with Gasteiger partial charge in [-0.1, -0.05) is 12.1 Å². The quantitative estimate of drug-likeness (QED) is 0.319. The first kappa shape index (κ1) is 12.2. The first-order chi connectivity index (χ1) is 7.58. The lowest BCUT2D eigenvalue weighted by molar-refractivity contribution is 0.316. The topological polar surface area (TPSA) is 70.6 Å². The Morgan fingerprint density at radius 1 is 1.56 bits per heavy atom. The zero-order chi connectivity index (χ0) is 12.1. The molecule has 16 heavy (non-hydrogen) atoms. The van der Waals surface area contributed by atoms with Gasteiger partial charge in [0.05, 0.1) is 11.7 Å². The lowest BCUT2D eigenvalue weighted by Crippen LogP contribution is -2.35. The summed E-state index contributed by atoms with van der Waals surface area (Å²) in [4.78, 5) is 0. The molecule has 1 rings (SSSR count). The molecule has 1 aromatic rings. The Bertz CT molecular complexity index is 396. The number of hydrogen-bond acceptors (Lipinski definition) is 3. The molecular weight excluding hydrogens is 216 g/mol. The number of oxime groups is 1. The Balaban J connectivity index is 2.86. The molecular formula is C10H13F2N3O. The number of nitrogens with two attached hydrogens (primary N) is 1. The van der Waals surface area contributed by atoms with Crippen molar-refractivity contribution in [1.82, 2.24) is 0 Å². The molecule has 1 unspecified atom stereocenters. The van der Waals surface area contributed by atoms with Crippen molar-refractivity contribution in [3.05, 3.63) is 29.8 Å². The minimum atomic E-state index is -0.718. The average molecular weight is 229 g/mol. The number of hydrogen-bond donors (Lipinski definition) is 3. The van der Waals surface area contributed by atoms with E-state index in [4.69, 9.17) is 10.9 Å². The first-order valence-corrected chi connectivity index (χ1v) is 4.77. The van der Waals surface area contributed by atoms with Crippen molar-refractivity contribution in [3.63, 3.8) is 0 Å². The Kier molecular flexibility index (Phi) is 4.04. The SMILES string of the molecule is CCC(Nc1ccc(F)cc1F)C(N)=NO. The molecule has 0 radical (unpaired) electrons. The maximum absolute atomic E-state index is 13.3. The van der Waals surface area contributed by atoms with Crippen LogP contribution >= 0.6 is 0 Å². The van der Waals surface area contributed by atoms with Gasteiger partial charge in [0.25, 0.3) is 0 Å². The zero-order valence-corrected chi connectivity index (χ0v) is 8.74. The van der Waals surface area contributed by atoms with E-state index < -0.39 is 17.7 Å². The van der Waals surface area contributed by atoms with E-state index >= 15 is 0 Å². The summed E-state index contributed by atoms with van der Waals surface area (Å²) in [5.41, 5.74) is 5.51. The second kappa shape index (κ2) is 5.29. The van der Waals surface area contributed by atoms with Crippen molar-refractivity contribution in [1.29, 1.82) is 0 Å². The van der Waals surface area contributed by atoms with Gasteiger partial charge in [-0.25, -0.2) is 8.78 Å². The Labute approximate surface area is 91.8 Å². The summed E-state index contributed by atoms with van der Waals surface area (Å²) < 4.78 is 25.9. The fourth-order valence-corrected chi connectivity index (χ4v) is 1.25. The molecule has 0 fully saturated rings. The monoisotopic (exact) mass is 229 g/mol. The van der Waals surface area contributed by atoms with Crippen LogP contribution in [0.15, 0.2) is 23.4 Å². The number of anilines is 1. The van der Waals surface area contributed by atoms with Crippen LogP contribution in [0.4, 0.5) is 14.5 Å². The predicted octanol–water partition coefficient (Wildman–Crippen LogP) is 1.90. The van der Waals surface area contributed by atoms with Crippen LogP contribution in [0.25, 0.3) is 0 Å². The third-order valence-electron chi connectivity index (χ3n) is 2.14. The fourth-order valence-electron chi connectivity index (χ4n) is 1.25. The molecule has 88 valence electrons. The molecule has 0 aromatic heterocycles. The van der Waals surface area contributed by atoms with Crippen LogP contribution in [0.2, 0.25) is 0 Å². The van der Waals surface area contributed by atoms with E-state index in [1.165, 1.54) is 6.07 Å². The van der Waals surface area contributed by atoms with Gasteiger partial charge in [-0.2, -0.15) is 0 Å². The smallest absolute Gasteiger partial charge is 0.161 e. The minimum Gasteiger partial charge on any atom is -0.409 e. The van der Waals surface area contributed by atoms with Crippen LogP contribution in [-0.4, -0.2) is 17.1 Å². The van der Waals surface area contributed by atoms with E-state index in [1.54, 1.807) is 6.92 Å². The fraction of sp³-hybridized carbons (Fsp3) is 0.300. The van der Waals surface area contributed by atoms with Crippen molar-refractivity contribution in [2.45, 2.75) is 19.4 Å². The molecule has 0 bridgehead atoms. The van der Waals surface area contributed by atoms with E-state index in [9.17, 15) is 8.78 Å². The third kappa shape index (κ3) is 2.82. The molecule has 4 N–H and O–H groups in total. The molecule has 0 aliphatic carbocycles. The van der Waals surface area contributed by atoms with Crippen molar-refractivity contribution < 1.29 is 14.0 Å². The third-order valence-corrected chi connectivity index (χ3v) is 2.14. The van der Waals surface area contributed by atoms with Crippen LogP contribution in [-0.2, 0) is 0 Å². The summed E-state index contributed by atoms with van der Waals surface area (Å²) in [6.07, 6.45) is 0.507. The van der Waals surface area contributed by atoms with Gasteiger partial charge < -0.3 is 16.3 Å². The van der Waals surface area contributed by atoms with E-state index in [0.29, 0.717) is 6.42 Å². The van der Waals surface area contributed by atoms with Gasteiger partial charge in [0.1, 0.15) is 11.6 Å². The van der Waals surface area contributed by atoms with Gasteiger partial charge in [-0.3, -0.25) is 0 Å². The molecule has 0 amide bonds. The highest BCUT2D eigenvalue weighted by atomic mass is 19.1. The number of halogens is 2. The van der Waals surface area contributed by atoms with Crippen molar-refractivity contribution in [3.8, 4) is 0 Å². The first-order valence-electron chi connectivity index (χ1n) is 4.77. The number of amidine groups is 1. The second-order valence-electron chi connectivity index (χ2n) is 3.25. The van der Waals surface area contributed by atoms with Gasteiger partial charge in [-0.05, 0) is 18.6 Å². The summed E-state index contributed by atoms with van der Waals surface area (Å²) >= 11 is 0. The Morgan fingerprint density at radius 3 is 2.75 bits per heavy atom. The standard InChI is InChI=1S/C10H13F2N3O/c1-2-8(10(13)15-16)14-9-4-3-6(11)5-7(9)12/h3-5,8,14,16H,2H2,1H3,(H2,13,15). The highest BCUT2D eigenvalue weighted by Crippen LogP contribution is 2.16. The summed E-state index contributed by atoms with van der Waals surface area (Å²) in [5, 5.41) is 14.1. The number of benzene rings is 1. The van der Waals surface area contributed by atoms with Crippen molar-refractivity contribution >= 4 is 11.5 Å². The minimum absolute atomic E-state index is 0.0498. The highest BCUT2D eigenvalue weighted by Gasteiger charge is 2.13. The predicted molar refractivity (Wildman–Crippen MR) is 57.5 cm³/mol. The van der Waals surface area contributed by atoms with Gasteiger partial charge in [0.15, 0.2) is 5.84 Å².